The van der Waals surface area contributed by atoms with Crippen LogP contribution in [0.5, 0.6) is 0 Å². The molecule has 0 aromatic heterocycles. The SMILES string of the molecule is CC(C)NC(=O)C1N(CCCCCO)C(=O)[C@@H]2[C@@H](C(=O)NCc3ccccc3)[C@@H]3OC12CC3Br. The maximum Gasteiger partial charge on any atom is 0.246 e. The third kappa shape index (κ3) is 4.50. The van der Waals surface area contributed by atoms with E-state index in [1.165, 1.54) is 0 Å². The normalized spacial score (nSPS) is 31.7. The van der Waals surface area contributed by atoms with Crippen molar-refractivity contribution in [3.05, 3.63) is 35.9 Å². The number of likely N-dealkylation sites (tertiary alicyclic amines) is 1. The first-order valence-corrected chi connectivity index (χ1v) is 13.1. The topological polar surface area (TPSA) is 108 Å². The Morgan fingerprint density at radius 2 is 1.94 bits per heavy atom. The maximum atomic E-state index is 13.8. The monoisotopic (exact) mass is 535 g/mol. The van der Waals surface area contributed by atoms with Crippen LogP contribution in [0.15, 0.2) is 30.3 Å². The first kappa shape index (κ1) is 25.1. The van der Waals surface area contributed by atoms with Gasteiger partial charge in [-0.1, -0.05) is 46.3 Å². The highest BCUT2D eigenvalue weighted by atomic mass is 79.9. The van der Waals surface area contributed by atoms with E-state index < -0.39 is 29.6 Å². The van der Waals surface area contributed by atoms with Gasteiger partial charge in [0.2, 0.25) is 17.7 Å². The van der Waals surface area contributed by atoms with Gasteiger partial charge in [-0.15, -0.1) is 0 Å². The highest BCUT2D eigenvalue weighted by Gasteiger charge is 2.76. The number of nitrogens with zero attached hydrogens (tertiary/aromatic N) is 1. The lowest BCUT2D eigenvalue weighted by atomic mass is 9.70. The molecule has 2 bridgehead atoms. The fourth-order valence-electron chi connectivity index (χ4n) is 5.81. The Morgan fingerprint density at radius 3 is 2.62 bits per heavy atom. The fraction of sp³-hybridized carbons (Fsp3) is 0.640. The second-order valence-corrected chi connectivity index (χ2v) is 11.0. The largest absolute Gasteiger partial charge is 0.396 e. The number of benzene rings is 1. The Bertz CT molecular complexity index is 913. The first-order valence-electron chi connectivity index (χ1n) is 12.2. The number of fused-ring (bicyclic) bond motifs is 1. The van der Waals surface area contributed by atoms with E-state index >= 15 is 0 Å². The molecule has 0 radical (unpaired) electrons. The van der Waals surface area contributed by atoms with E-state index in [0.29, 0.717) is 32.4 Å². The Hall–Kier alpha value is -1.97. The molecule has 1 spiro atoms. The third-order valence-corrected chi connectivity index (χ3v) is 7.98. The van der Waals surface area contributed by atoms with E-state index in [2.05, 4.69) is 26.6 Å². The van der Waals surface area contributed by atoms with E-state index in [9.17, 15) is 14.4 Å². The quantitative estimate of drug-likeness (QED) is 0.312. The molecule has 6 atom stereocenters. The van der Waals surface area contributed by atoms with Crippen molar-refractivity contribution in [1.82, 2.24) is 15.5 Å². The van der Waals surface area contributed by atoms with Gasteiger partial charge in [0.05, 0.1) is 17.9 Å². The number of hydrogen-bond acceptors (Lipinski definition) is 5. The Labute approximate surface area is 208 Å². The summed E-state index contributed by atoms with van der Waals surface area (Å²) in [6, 6.07) is 8.76. The number of nitrogens with one attached hydrogen (secondary N) is 2. The number of halogens is 1. The molecule has 186 valence electrons. The number of amides is 3. The lowest BCUT2D eigenvalue weighted by Gasteiger charge is -2.34. The van der Waals surface area contributed by atoms with Crippen LogP contribution in [0, 0.1) is 11.8 Å². The van der Waals surface area contributed by atoms with Gasteiger partial charge in [-0.3, -0.25) is 14.4 Å². The molecule has 3 fully saturated rings. The average Bonchev–Trinajstić information content (AvgIpc) is 3.39. The van der Waals surface area contributed by atoms with Crippen molar-refractivity contribution in [3.63, 3.8) is 0 Å². The minimum absolute atomic E-state index is 0.0855. The third-order valence-electron chi connectivity index (χ3n) is 7.14. The van der Waals surface area contributed by atoms with Crippen molar-refractivity contribution in [2.24, 2.45) is 11.8 Å². The van der Waals surface area contributed by atoms with Crippen LogP contribution >= 0.6 is 15.9 Å². The molecule has 34 heavy (non-hydrogen) atoms. The first-order chi connectivity index (χ1) is 16.3. The van der Waals surface area contributed by atoms with Crippen LogP contribution in [0.4, 0.5) is 0 Å². The van der Waals surface area contributed by atoms with Gasteiger partial charge in [0.25, 0.3) is 0 Å². The van der Waals surface area contributed by atoms with Crippen molar-refractivity contribution in [2.75, 3.05) is 13.2 Å². The van der Waals surface area contributed by atoms with Gasteiger partial charge in [0.15, 0.2) is 0 Å². The molecule has 3 N–H and O–H groups in total. The molecule has 0 aliphatic carbocycles. The Morgan fingerprint density at radius 1 is 1.21 bits per heavy atom. The van der Waals surface area contributed by atoms with Crippen LogP contribution in [0.2, 0.25) is 0 Å². The second-order valence-electron chi connectivity index (χ2n) is 9.85. The van der Waals surface area contributed by atoms with E-state index in [1.807, 2.05) is 44.2 Å². The zero-order valence-corrected chi connectivity index (χ0v) is 21.3. The second kappa shape index (κ2) is 10.3. The summed E-state index contributed by atoms with van der Waals surface area (Å²) in [5.41, 5.74) is -0.0526. The van der Waals surface area contributed by atoms with Crippen LogP contribution in [0.3, 0.4) is 0 Å². The van der Waals surface area contributed by atoms with E-state index in [0.717, 1.165) is 12.0 Å². The van der Waals surface area contributed by atoms with Crippen LogP contribution in [0.1, 0.15) is 45.1 Å². The highest BCUT2D eigenvalue weighted by Crippen LogP contribution is 2.60. The van der Waals surface area contributed by atoms with Gasteiger partial charge in [-0.25, -0.2) is 0 Å². The van der Waals surface area contributed by atoms with Crippen LogP contribution in [0.25, 0.3) is 0 Å². The van der Waals surface area contributed by atoms with Gasteiger partial charge in [0.1, 0.15) is 11.6 Å². The lowest BCUT2D eigenvalue weighted by Crippen LogP contribution is -2.57. The van der Waals surface area contributed by atoms with Gasteiger partial charge >= 0.3 is 0 Å². The summed E-state index contributed by atoms with van der Waals surface area (Å²) in [5.74, 6) is -1.99. The molecular weight excluding hydrogens is 502 g/mol. The number of rotatable bonds is 10. The van der Waals surface area contributed by atoms with E-state index in [1.54, 1.807) is 4.90 Å². The number of hydrogen-bond donors (Lipinski definition) is 3. The molecule has 1 aromatic carbocycles. The zero-order valence-electron chi connectivity index (χ0n) is 19.7. The number of aliphatic hydroxyl groups is 1. The molecule has 0 saturated carbocycles. The molecule has 3 aliphatic heterocycles. The minimum Gasteiger partial charge on any atom is -0.396 e. The summed E-state index contributed by atoms with van der Waals surface area (Å²) >= 11 is 3.68. The molecule has 3 heterocycles. The number of ether oxygens (including phenoxy) is 1. The Balaban J connectivity index is 1.60. The number of carbonyl (C=O) groups is 3. The van der Waals surface area contributed by atoms with Crippen LogP contribution in [-0.4, -0.2) is 69.5 Å². The van der Waals surface area contributed by atoms with Crippen LogP contribution in [-0.2, 0) is 25.7 Å². The maximum absolute atomic E-state index is 13.8. The standard InChI is InChI=1S/C25H34BrN3O5/c1-15(2)28-23(32)21-25-13-17(26)20(34-25)18(22(31)27-14-16-9-5-3-6-10-16)19(25)24(33)29(21)11-7-4-8-12-30/h3,5-6,9-10,15,17-21,30H,4,7-8,11-14H2,1-2H3,(H,27,31)(H,28,32)/t17?,18-,19+,20-,21?,25?/m1/s1. The predicted octanol–water partition coefficient (Wildman–Crippen LogP) is 1.74. The summed E-state index contributed by atoms with van der Waals surface area (Å²) in [5, 5.41) is 15.1. The summed E-state index contributed by atoms with van der Waals surface area (Å²) in [7, 11) is 0. The molecule has 1 aromatic rings. The van der Waals surface area contributed by atoms with Crippen molar-refractivity contribution >= 4 is 33.7 Å². The Kier molecular flexibility index (Phi) is 7.64. The number of alkyl halides is 1. The molecule has 3 saturated heterocycles. The van der Waals surface area contributed by atoms with Gasteiger partial charge in [-0.2, -0.15) is 0 Å². The molecule has 9 heteroatoms. The number of unbranched alkanes of at least 4 members (excludes halogenated alkanes) is 2. The fourth-order valence-corrected chi connectivity index (χ4v) is 6.75. The predicted molar refractivity (Wildman–Crippen MR) is 130 cm³/mol. The minimum atomic E-state index is -1.03. The highest BCUT2D eigenvalue weighted by molar-refractivity contribution is 9.09. The van der Waals surface area contributed by atoms with Gasteiger partial charge in [-0.05, 0) is 45.1 Å². The molecular formula is C25H34BrN3O5. The summed E-state index contributed by atoms with van der Waals surface area (Å²) in [6.45, 7) is 4.63. The number of aliphatic hydroxyl groups excluding tert-OH is 1. The van der Waals surface area contributed by atoms with Gasteiger partial charge < -0.3 is 25.4 Å². The van der Waals surface area contributed by atoms with Crippen molar-refractivity contribution in [2.45, 2.75) is 74.7 Å². The van der Waals surface area contributed by atoms with Gasteiger partial charge in [0, 0.05) is 30.6 Å². The lowest BCUT2D eigenvalue weighted by molar-refractivity contribution is -0.142. The molecule has 3 unspecified atom stereocenters. The molecule has 4 rings (SSSR count). The smallest absolute Gasteiger partial charge is 0.246 e. The zero-order chi connectivity index (χ0) is 24.5. The number of carbonyl (C=O) groups excluding carboxylic acids is 3. The van der Waals surface area contributed by atoms with Crippen molar-refractivity contribution in [3.8, 4) is 0 Å². The average molecular weight is 536 g/mol. The van der Waals surface area contributed by atoms with Crippen molar-refractivity contribution < 1.29 is 24.2 Å². The van der Waals surface area contributed by atoms with E-state index in [4.69, 9.17) is 9.84 Å². The molecule has 8 nitrogen and oxygen atoms in total. The van der Waals surface area contributed by atoms with Crippen molar-refractivity contribution in [1.29, 1.82) is 0 Å². The summed E-state index contributed by atoms with van der Waals surface area (Å²) in [6.07, 6.45) is 2.11. The molecule has 3 aliphatic rings. The summed E-state index contributed by atoms with van der Waals surface area (Å²) in [4.78, 5) is 42.0. The molecule has 3 amide bonds. The van der Waals surface area contributed by atoms with Crippen LogP contribution < -0.4 is 10.6 Å². The summed E-state index contributed by atoms with van der Waals surface area (Å²) < 4.78 is 6.45. The van der Waals surface area contributed by atoms with E-state index in [-0.39, 0.29) is 35.2 Å².